The molecule has 0 aliphatic rings. The van der Waals surface area contributed by atoms with Crippen LogP contribution in [0.2, 0.25) is 0 Å². The first-order chi connectivity index (χ1) is 8.47. The van der Waals surface area contributed by atoms with Gasteiger partial charge in [0, 0.05) is 10.0 Å². The number of hydrogen-bond acceptors (Lipinski definition) is 1. The topological polar surface area (TPSA) is 20.2 Å². The Labute approximate surface area is 114 Å². The smallest absolute Gasteiger partial charge is 0.130 e. The Morgan fingerprint density at radius 1 is 1.06 bits per heavy atom. The number of rotatable bonds is 2. The predicted octanol–water partition coefficient (Wildman–Crippen LogP) is 4.29. The Bertz CT molecular complexity index is 560. The van der Waals surface area contributed by atoms with Crippen molar-refractivity contribution in [1.82, 2.24) is 0 Å². The summed E-state index contributed by atoms with van der Waals surface area (Å²) >= 11 is 3.20. The Morgan fingerprint density at radius 2 is 1.67 bits per heavy atom. The van der Waals surface area contributed by atoms with Crippen molar-refractivity contribution in [2.45, 2.75) is 20.0 Å². The molecule has 0 fully saturated rings. The fraction of sp³-hybridized carbons (Fsp3) is 0.200. The Hall–Kier alpha value is -1.19. The van der Waals surface area contributed by atoms with Crippen LogP contribution < -0.4 is 0 Å². The monoisotopic (exact) mass is 308 g/mol. The van der Waals surface area contributed by atoms with Gasteiger partial charge in [-0.15, -0.1) is 0 Å². The molecule has 0 aliphatic heterocycles. The standard InChI is InChI=1S/C15H14BrFO/c1-9-5-10(2)7-11(6-9)15(18)13-4-3-12(16)8-14(13)17/h3-8,15,18H,1-2H3. The summed E-state index contributed by atoms with van der Waals surface area (Å²) in [5, 5.41) is 10.3. The van der Waals surface area contributed by atoms with Gasteiger partial charge in [-0.3, -0.25) is 0 Å². The number of aliphatic hydroxyl groups excluding tert-OH is 1. The normalized spacial score (nSPS) is 12.5. The van der Waals surface area contributed by atoms with Gasteiger partial charge in [-0.25, -0.2) is 4.39 Å². The summed E-state index contributed by atoms with van der Waals surface area (Å²) in [6.07, 6.45) is -0.934. The highest BCUT2D eigenvalue weighted by atomic mass is 79.9. The molecular weight excluding hydrogens is 295 g/mol. The summed E-state index contributed by atoms with van der Waals surface area (Å²) in [6.45, 7) is 3.92. The van der Waals surface area contributed by atoms with Crippen LogP contribution in [0.25, 0.3) is 0 Å². The zero-order chi connectivity index (χ0) is 13.3. The maximum absolute atomic E-state index is 13.8. The molecule has 0 radical (unpaired) electrons. The number of aliphatic hydroxyl groups is 1. The minimum absolute atomic E-state index is 0.295. The van der Waals surface area contributed by atoms with E-state index in [1.807, 2.05) is 32.0 Å². The highest BCUT2D eigenvalue weighted by molar-refractivity contribution is 9.10. The Kier molecular flexibility index (Phi) is 3.83. The molecule has 0 aromatic heterocycles. The van der Waals surface area contributed by atoms with Crippen LogP contribution in [0, 0.1) is 19.7 Å². The fourth-order valence-electron chi connectivity index (χ4n) is 2.07. The first-order valence-corrected chi connectivity index (χ1v) is 6.48. The minimum Gasteiger partial charge on any atom is -0.384 e. The van der Waals surface area contributed by atoms with E-state index in [9.17, 15) is 9.50 Å². The van der Waals surface area contributed by atoms with Gasteiger partial charge in [-0.1, -0.05) is 51.3 Å². The molecule has 0 amide bonds. The second kappa shape index (κ2) is 5.21. The van der Waals surface area contributed by atoms with E-state index in [2.05, 4.69) is 15.9 Å². The maximum Gasteiger partial charge on any atom is 0.130 e. The van der Waals surface area contributed by atoms with E-state index in [1.165, 1.54) is 6.07 Å². The molecule has 0 heterocycles. The third-order valence-electron chi connectivity index (χ3n) is 2.82. The zero-order valence-corrected chi connectivity index (χ0v) is 11.8. The SMILES string of the molecule is Cc1cc(C)cc(C(O)c2ccc(Br)cc2F)c1. The average molecular weight is 309 g/mol. The largest absolute Gasteiger partial charge is 0.384 e. The van der Waals surface area contributed by atoms with Gasteiger partial charge < -0.3 is 5.11 Å². The van der Waals surface area contributed by atoms with Gasteiger partial charge in [0.05, 0.1) is 0 Å². The maximum atomic E-state index is 13.8. The van der Waals surface area contributed by atoms with Crippen LogP contribution in [0.15, 0.2) is 40.9 Å². The molecule has 1 atom stereocenters. The molecule has 1 nitrogen and oxygen atoms in total. The van der Waals surface area contributed by atoms with Crippen LogP contribution in [-0.4, -0.2) is 5.11 Å². The van der Waals surface area contributed by atoms with E-state index in [0.29, 0.717) is 15.6 Å². The predicted molar refractivity (Wildman–Crippen MR) is 74.1 cm³/mol. The van der Waals surface area contributed by atoms with Crippen molar-refractivity contribution in [3.05, 3.63) is 68.9 Å². The van der Waals surface area contributed by atoms with E-state index in [-0.39, 0.29) is 0 Å². The summed E-state index contributed by atoms with van der Waals surface area (Å²) in [5.74, 6) is -0.406. The number of aryl methyl sites for hydroxylation is 2. The number of benzene rings is 2. The molecule has 0 spiro atoms. The average Bonchev–Trinajstić information content (AvgIpc) is 2.26. The third kappa shape index (κ3) is 2.79. The van der Waals surface area contributed by atoms with E-state index in [4.69, 9.17) is 0 Å². The van der Waals surface area contributed by atoms with Gasteiger partial charge in [0.1, 0.15) is 11.9 Å². The lowest BCUT2D eigenvalue weighted by atomic mass is 9.98. The van der Waals surface area contributed by atoms with Crippen molar-refractivity contribution >= 4 is 15.9 Å². The second-order valence-electron chi connectivity index (χ2n) is 4.49. The molecule has 94 valence electrons. The van der Waals surface area contributed by atoms with Crippen molar-refractivity contribution in [2.24, 2.45) is 0 Å². The van der Waals surface area contributed by atoms with Crippen LogP contribution in [0.4, 0.5) is 4.39 Å². The quantitative estimate of drug-likeness (QED) is 0.877. The number of hydrogen-bond donors (Lipinski definition) is 1. The lowest BCUT2D eigenvalue weighted by Gasteiger charge is -2.14. The van der Waals surface area contributed by atoms with Gasteiger partial charge in [0.25, 0.3) is 0 Å². The third-order valence-corrected chi connectivity index (χ3v) is 3.31. The first kappa shape index (κ1) is 13.2. The summed E-state index contributed by atoms with van der Waals surface area (Å²) in [5.41, 5.74) is 3.13. The van der Waals surface area contributed by atoms with Crippen LogP contribution in [0.3, 0.4) is 0 Å². The van der Waals surface area contributed by atoms with E-state index in [1.54, 1.807) is 12.1 Å². The van der Waals surface area contributed by atoms with Crippen molar-refractivity contribution in [3.8, 4) is 0 Å². The Morgan fingerprint density at radius 3 is 2.22 bits per heavy atom. The van der Waals surface area contributed by atoms with Crippen LogP contribution in [0.1, 0.15) is 28.4 Å². The fourth-order valence-corrected chi connectivity index (χ4v) is 2.40. The molecule has 0 saturated heterocycles. The highest BCUT2D eigenvalue weighted by Crippen LogP contribution is 2.27. The van der Waals surface area contributed by atoms with Crippen LogP contribution in [0.5, 0.6) is 0 Å². The summed E-state index contributed by atoms with van der Waals surface area (Å²) in [4.78, 5) is 0. The van der Waals surface area contributed by atoms with E-state index >= 15 is 0 Å². The summed E-state index contributed by atoms with van der Waals surface area (Å²) in [7, 11) is 0. The molecule has 2 aromatic carbocycles. The zero-order valence-electron chi connectivity index (χ0n) is 10.2. The van der Waals surface area contributed by atoms with Gasteiger partial charge in [0.2, 0.25) is 0 Å². The lowest BCUT2D eigenvalue weighted by molar-refractivity contribution is 0.215. The molecule has 0 bridgehead atoms. The molecule has 18 heavy (non-hydrogen) atoms. The molecule has 2 aromatic rings. The Balaban J connectivity index is 2.44. The molecule has 0 aliphatic carbocycles. The van der Waals surface area contributed by atoms with Crippen molar-refractivity contribution in [1.29, 1.82) is 0 Å². The highest BCUT2D eigenvalue weighted by Gasteiger charge is 2.15. The molecule has 0 saturated carbocycles. The summed E-state index contributed by atoms with van der Waals surface area (Å²) in [6, 6.07) is 10.5. The van der Waals surface area contributed by atoms with Gasteiger partial charge >= 0.3 is 0 Å². The first-order valence-electron chi connectivity index (χ1n) is 5.68. The molecule has 1 unspecified atom stereocenters. The van der Waals surface area contributed by atoms with E-state index in [0.717, 1.165) is 11.1 Å². The van der Waals surface area contributed by atoms with Crippen molar-refractivity contribution in [3.63, 3.8) is 0 Å². The second-order valence-corrected chi connectivity index (χ2v) is 5.41. The molecule has 3 heteroatoms. The minimum atomic E-state index is -0.934. The number of halogens is 2. The van der Waals surface area contributed by atoms with Gasteiger partial charge in [-0.2, -0.15) is 0 Å². The molecule has 2 rings (SSSR count). The molecule has 1 N–H and O–H groups in total. The summed E-state index contributed by atoms with van der Waals surface area (Å²) < 4.78 is 14.5. The van der Waals surface area contributed by atoms with Crippen LogP contribution >= 0.6 is 15.9 Å². The molecular formula is C15H14BrFO. The van der Waals surface area contributed by atoms with Crippen molar-refractivity contribution in [2.75, 3.05) is 0 Å². The van der Waals surface area contributed by atoms with Crippen LogP contribution in [-0.2, 0) is 0 Å². The van der Waals surface area contributed by atoms with Gasteiger partial charge in [-0.05, 0) is 31.5 Å². The van der Waals surface area contributed by atoms with Crippen molar-refractivity contribution < 1.29 is 9.50 Å². The van der Waals surface area contributed by atoms with E-state index < -0.39 is 11.9 Å². The lowest BCUT2D eigenvalue weighted by Crippen LogP contribution is -2.03. The van der Waals surface area contributed by atoms with Gasteiger partial charge in [0.15, 0.2) is 0 Å².